The maximum absolute atomic E-state index is 10.7. The van der Waals surface area contributed by atoms with E-state index in [0.717, 1.165) is 6.42 Å². The first kappa shape index (κ1) is 11.0. The molecule has 1 fully saturated rings. The topological polar surface area (TPSA) is 81.2 Å². The number of oxazole rings is 1. The Bertz CT molecular complexity index is 633. The molecular weight excluding hydrogens is 234 g/mol. The molecule has 0 amide bonds. The van der Waals surface area contributed by atoms with Gasteiger partial charge in [-0.05, 0) is 17.9 Å². The van der Waals surface area contributed by atoms with Crippen molar-refractivity contribution in [1.82, 2.24) is 4.98 Å². The summed E-state index contributed by atoms with van der Waals surface area (Å²) < 4.78 is 5.50. The van der Waals surface area contributed by atoms with Crippen LogP contribution >= 0.6 is 0 Å². The van der Waals surface area contributed by atoms with E-state index in [1.807, 2.05) is 0 Å². The zero-order valence-electron chi connectivity index (χ0n) is 10.1. The second kappa shape index (κ2) is 3.44. The number of nitrogens with one attached hydrogen (secondary N) is 1. The molecule has 1 N–H and O–H groups in total. The fourth-order valence-corrected chi connectivity index (χ4v) is 1.95. The first-order valence-corrected chi connectivity index (χ1v) is 5.77. The summed E-state index contributed by atoms with van der Waals surface area (Å²) in [4.78, 5) is 14.4. The Hall–Kier alpha value is -2.11. The highest BCUT2D eigenvalue weighted by Gasteiger charge is 2.46. The fourth-order valence-electron chi connectivity index (χ4n) is 1.95. The van der Waals surface area contributed by atoms with Crippen LogP contribution in [0.2, 0.25) is 0 Å². The van der Waals surface area contributed by atoms with E-state index in [4.69, 9.17) is 4.42 Å². The quantitative estimate of drug-likeness (QED) is 0.666. The van der Waals surface area contributed by atoms with Gasteiger partial charge in [-0.25, -0.2) is 0 Å². The monoisotopic (exact) mass is 247 g/mol. The molecule has 0 saturated heterocycles. The number of nitro groups is 1. The number of nitrogens with zero attached hydrogens (tertiary/aromatic N) is 2. The van der Waals surface area contributed by atoms with Crippen LogP contribution in [-0.4, -0.2) is 15.9 Å². The van der Waals surface area contributed by atoms with E-state index in [1.54, 1.807) is 6.07 Å². The van der Waals surface area contributed by atoms with Crippen LogP contribution in [0.3, 0.4) is 0 Å². The molecular formula is C12H13N3O3. The Labute approximate surface area is 103 Å². The zero-order valence-corrected chi connectivity index (χ0v) is 10.1. The maximum Gasteiger partial charge on any atom is 0.295 e. The summed E-state index contributed by atoms with van der Waals surface area (Å²) in [5.41, 5.74) is 1.35. The van der Waals surface area contributed by atoms with Crippen LogP contribution in [0.15, 0.2) is 22.6 Å². The summed E-state index contributed by atoms with van der Waals surface area (Å²) in [5, 5.41) is 13.9. The van der Waals surface area contributed by atoms with Crippen molar-refractivity contribution in [3.8, 4) is 0 Å². The molecule has 0 aliphatic heterocycles. The molecule has 6 nitrogen and oxygen atoms in total. The Morgan fingerprint density at radius 1 is 1.56 bits per heavy atom. The Kier molecular flexibility index (Phi) is 2.10. The molecule has 18 heavy (non-hydrogen) atoms. The zero-order chi connectivity index (χ0) is 12.9. The van der Waals surface area contributed by atoms with Gasteiger partial charge in [0.2, 0.25) is 0 Å². The smallest absolute Gasteiger partial charge is 0.295 e. The normalized spacial score (nSPS) is 20.9. The van der Waals surface area contributed by atoms with Crippen molar-refractivity contribution in [1.29, 1.82) is 0 Å². The highest BCUT2D eigenvalue weighted by atomic mass is 16.6. The number of benzene rings is 1. The number of fused-ring (bicyclic) bond motifs is 1. The average Bonchev–Trinajstić information content (AvgIpc) is 2.73. The van der Waals surface area contributed by atoms with Crippen molar-refractivity contribution in [2.24, 2.45) is 5.41 Å². The van der Waals surface area contributed by atoms with Crippen molar-refractivity contribution in [3.63, 3.8) is 0 Å². The molecule has 3 rings (SSSR count). The second-order valence-corrected chi connectivity index (χ2v) is 5.32. The lowest BCUT2D eigenvalue weighted by molar-refractivity contribution is -0.384. The molecule has 6 heteroatoms. The van der Waals surface area contributed by atoms with Crippen molar-refractivity contribution in [3.05, 3.63) is 28.3 Å². The van der Waals surface area contributed by atoms with Gasteiger partial charge < -0.3 is 9.73 Å². The summed E-state index contributed by atoms with van der Waals surface area (Å²) in [5.74, 6) is 0. The summed E-state index contributed by atoms with van der Waals surface area (Å²) in [6.07, 6.45) is 1.08. The Balaban J connectivity index is 1.89. The minimum absolute atomic E-state index is 0.0223. The molecule has 1 heterocycles. The van der Waals surface area contributed by atoms with E-state index in [2.05, 4.69) is 24.1 Å². The van der Waals surface area contributed by atoms with E-state index in [0.29, 0.717) is 23.2 Å². The minimum Gasteiger partial charge on any atom is -0.424 e. The largest absolute Gasteiger partial charge is 0.424 e. The second-order valence-electron chi connectivity index (χ2n) is 5.32. The third-order valence-electron chi connectivity index (χ3n) is 3.39. The molecule has 2 aromatic rings. The fraction of sp³-hybridized carbons (Fsp3) is 0.417. The van der Waals surface area contributed by atoms with Gasteiger partial charge in [0.15, 0.2) is 5.58 Å². The number of anilines is 1. The van der Waals surface area contributed by atoms with E-state index in [9.17, 15) is 10.1 Å². The molecule has 1 atom stereocenters. The molecule has 1 unspecified atom stereocenters. The first-order valence-electron chi connectivity index (χ1n) is 5.77. The van der Waals surface area contributed by atoms with Gasteiger partial charge in [0, 0.05) is 18.2 Å². The van der Waals surface area contributed by atoms with Crippen LogP contribution in [0.25, 0.3) is 11.1 Å². The number of aromatic nitrogens is 1. The van der Waals surface area contributed by atoms with Crippen LogP contribution in [0, 0.1) is 15.5 Å². The predicted molar refractivity (Wildman–Crippen MR) is 66.5 cm³/mol. The lowest BCUT2D eigenvalue weighted by Gasteiger charge is -2.02. The van der Waals surface area contributed by atoms with Crippen LogP contribution in [0.5, 0.6) is 0 Å². The lowest BCUT2D eigenvalue weighted by Crippen LogP contribution is -2.08. The maximum atomic E-state index is 10.7. The van der Waals surface area contributed by atoms with Crippen molar-refractivity contribution in [2.45, 2.75) is 26.3 Å². The third-order valence-corrected chi connectivity index (χ3v) is 3.39. The SMILES string of the molecule is CC1(C)CC1Nc1nc2cc([N+](=O)[O-])ccc2o1. The van der Waals surface area contributed by atoms with Gasteiger partial charge in [-0.15, -0.1) is 0 Å². The molecule has 0 spiro atoms. The number of hydrogen-bond acceptors (Lipinski definition) is 5. The number of hydrogen-bond donors (Lipinski definition) is 1. The van der Waals surface area contributed by atoms with E-state index < -0.39 is 4.92 Å². The van der Waals surface area contributed by atoms with Gasteiger partial charge in [-0.3, -0.25) is 10.1 Å². The lowest BCUT2D eigenvalue weighted by atomic mass is 10.2. The predicted octanol–water partition coefficient (Wildman–Crippen LogP) is 2.95. The summed E-state index contributed by atoms with van der Waals surface area (Å²) in [6.45, 7) is 4.33. The summed E-state index contributed by atoms with van der Waals surface area (Å²) in [6, 6.07) is 5.20. The highest BCUT2D eigenvalue weighted by Crippen LogP contribution is 2.46. The number of nitro benzene ring substituents is 1. The third kappa shape index (κ3) is 1.79. The van der Waals surface area contributed by atoms with E-state index >= 15 is 0 Å². The number of rotatable bonds is 3. The van der Waals surface area contributed by atoms with Gasteiger partial charge in [0.25, 0.3) is 11.7 Å². The van der Waals surface area contributed by atoms with Crippen LogP contribution in [0.4, 0.5) is 11.7 Å². The van der Waals surface area contributed by atoms with Crippen LogP contribution < -0.4 is 5.32 Å². The molecule has 0 bridgehead atoms. The standard InChI is InChI=1S/C12H13N3O3/c1-12(2)6-10(12)14-11-13-8-5-7(15(16)17)3-4-9(8)18-11/h3-5,10H,6H2,1-2H3,(H,13,14). The summed E-state index contributed by atoms with van der Waals surface area (Å²) >= 11 is 0. The van der Waals surface area contributed by atoms with Crippen molar-refractivity contribution < 1.29 is 9.34 Å². The van der Waals surface area contributed by atoms with E-state index in [-0.39, 0.29) is 11.1 Å². The minimum atomic E-state index is -0.439. The molecule has 1 aromatic heterocycles. The summed E-state index contributed by atoms with van der Waals surface area (Å²) in [7, 11) is 0. The highest BCUT2D eigenvalue weighted by molar-refractivity contribution is 5.77. The molecule has 1 aliphatic rings. The van der Waals surface area contributed by atoms with Crippen LogP contribution in [-0.2, 0) is 0 Å². The van der Waals surface area contributed by atoms with Crippen molar-refractivity contribution in [2.75, 3.05) is 5.32 Å². The van der Waals surface area contributed by atoms with Crippen LogP contribution in [0.1, 0.15) is 20.3 Å². The van der Waals surface area contributed by atoms with Gasteiger partial charge in [-0.1, -0.05) is 13.8 Å². The van der Waals surface area contributed by atoms with Gasteiger partial charge in [0.1, 0.15) is 5.52 Å². The van der Waals surface area contributed by atoms with Crippen molar-refractivity contribution >= 4 is 22.8 Å². The first-order chi connectivity index (χ1) is 8.45. The average molecular weight is 247 g/mol. The Morgan fingerprint density at radius 2 is 2.28 bits per heavy atom. The van der Waals surface area contributed by atoms with Gasteiger partial charge >= 0.3 is 0 Å². The molecule has 1 saturated carbocycles. The molecule has 0 radical (unpaired) electrons. The van der Waals surface area contributed by atoms with E-state index in [1.165, 1.54) is 12.1 Å². The van der Waals surface area contributed by atoms with Gasteiger partial charge in [-0.2, -0.15) is 4.98 Å². The molecule has 1 aromatic carbocycles. The van der Waals surface area contributed by atoms with Gasteiger partial charge in [0.05, 0.1) is 4.92 Å². The Morgan fingerprint density at radius 3 is 2.89 bits per heavy atom. The molecule has 94 valence electrons. The number of non-ortho nitro benzene ring substituents is 1. The molecule has 1 aliphatic carbocycles.